The fourth-order valence-corrected chi connectivity index (χ4v) is 0.652. The zero-order chi connectivity index (χ0) is 6.95. The van der Waals surface area contributed by atoms with Crippen LogP contribution in [0.25, 0.3) is 5.32 Å². The summed E-state index contributed by atoms with van der Waals surface area (Å²) in [7, 11) is 0. The Hall–Kier alpha value is 2.01. The van der Waals surface area contributed by atoms with E-state index in [1.54, 1.807) is 0 Å². The molecule has 2 heteroatoms. The molecule has 56 valence electrons. The average molecular weight is 261 g/mol. The zero-order valence-corrected chi connectivity index (χ0v) is 14.0. The second-order valence-corrected chi connectivity index (χ2v) is 2.38. The van der Waals surface area contributed by atoms with Gasteiger partial charge in [0.2, 0.25) is 0 Å². The molecule has 1 nitrogen and oxygen atoms in total. The molecule has 0 aromatic heterocycles. The Morgan fingerprint density at radius 2 is 1.30 bits per heavy atom. The zero-order valence-electron chi connectivity index (χ0n) is 7.69. The molecule has 10 heavy (non-hydrogen) atoms. The summed E-state index contributed by atoms with van der Waals surface area (Å²) in [6.45, 7) is 6.57. The Morgan fingerprint density at radius 3 is 1.60 bits per heavy atom. The Balaban J connectivity index is 0. The Labute approximate surface area is 124 Å². The average Bonchev–Trinajstić information content (AvgIpc) is 1.89. The van der Waals surface area contributed by atoms with Crippen LogP contribution in [0.5, 0.6) is 0 Å². The molecule has 0 unspecified atom stereocenters. The van der Waals surface area contributed by atoms with Gasteiger partial charge in [0.15, 0.2) is 0 Å². The van der Waals surface area contributed by atoms with Crippen molar-refractivity contribution in [1.29, 1.82) is 0 Å². The van der Waals surface area contributed by atoms with E-state index in [9.17, 15) is 0 Å². The van der Waals surface area contributed by atoms with Gasteiger partial charge in [-0.3, -0.25) is 0 Å². The van der Waals surface area contributed by atoms with E-state index in [4.69, 9.17) is 0 Å². The van der Waals surface area contributed by atoms with E-state index in [0.29, 0.717) is 0 Å². The summed E-state index contributed by atoms with van der Waals surface area (Å²) in [5.41, 5.74) is 0. The quantitative estimate of drug-likeness (QED) is 0.596. The topological polar surface area (TPSA) is 14.1 Å². The van der Waals surface area contributed by atoms with Gasteiger partial charge >= 0.3 is 68.9 Å². The molecule has 0 saturated carbocycles. The van der Waals surface area contributed by atoms with Gasteiger partial charge in [0.1, 0.15) is 0 Å². The minimum Gasteiger partial charge on any atom is -0.662 e. The number of hydrogen-bond donors (Lipinski definition) is 0. The molecular formula is C8H18CsN. The van der Waals surface area contributed by atoms with Gasteiger partial charge < -0.3 is 5.32 Å². The van der Waals surface area contributed by atoms with Crippen LogP contribution in [0.1, 0.15) is 39.5 Å². The van der Waals surface area contributed by atoms with Crippen molar-refractivity contribution < 1.29 is 68.9 Å². The smallest absolute Gasteiger partial charge is 0.662 e. The molecule has 0 N–H and O–H groups in total. The van der Waals surface area contributed by atoms with Crippen LogP contribution in [0.2, 0.25) is 0 Å². The van der Waals surface area contributed by atoms with Gasteiger partial charge in [-0.15, -0.1) is 13.1 Å². The van der Waals surface area contributed by atoms with Crippen LogP contribution < -0.4 is 68.9 Å². The first kappa shape index (κ1) is 14.5. The Morgan fingerprint density at radius 1 is 0.900 bits per heavy atom. The Bertz CT molecular complexity index is 42.5. The van der Waals surface area contributed by atoms with Gasteiger partial charge in [-0.1, -0.05) is 39.5 Å². The van der Waals surface area contributed by atoms with E-state index >= 15 is 0 Å². The second kappa shape index (κ2) is 13.6. The molecule has 0 atom stereocenters. The van der Waals surface area contributed by atoms with Gasteiger partial charge in [-0.2, -0.15) is 0 Å². The largest absolute Gasteiger partial charge is 1.00 e. The molecule has 0 aromatic rings. The molecule has 0 rings (SSSR count). The maximum atomic E-state index is 4.35. The minimum atomic E-state index is 0. The second-order valence-electron chi connectivity index (χ2n) is 2.38. The molecule has 0 amide bonds. The molecule has 0 radical (unpaired) electrons. The third-order valence-corrected chi connectivity index (χ3v) is 1.34. The van der Waals surface area contributed by atoms with E-state index < -0.39 is 0 Å². The van der Waals surface area contributed by atoms with Crippen LogP contribution in [-0.4, -0.2) is 13.1 Å². The van der Waals surface area contributed by atoms with Crippen LogP contribution in [-0.2, 0) is 0 Å². The first-order chi connectivity index (χ1) is 4.41. The summed E-state index contributed by atoms with van der Waals surface area (Å²) in [6.07, 6.45) is 5.08. The minimum absolute atomic E-state index is 0. The van der Waals surface area contributed by atoms with Crippen LogP contribution >= 0.6 is 0 Å². The fraction of sp³-hybridized carbons (Fsp3) is 1.00. The molecule has 0 aliphatic carbocycles. The van der Waals surface area contributed by atoms with Crippen molar-refractivity contribution in [3.8, 4) is 0 Å². The van der Waals surface area contributed by atoms with Crippen LogP contribution in [0, 0.1) is 0 Å². The molecule has 0 aliphatic rings. The number of rotatable bonds is 6. The first-order valence-electron chi connectivity index (χ1n) is 4.05. The predicted molar refractivity (Wildman–Crippen MR) is 42.9 cm³/mol. The number of hydrogen-bond acceptors (Lipinski definition) is 0. The third kappa shape index (κ3) is 12.7. The molecule has 0 bridgehead atoms. The summed E-state index contributed by atoms with van der Waals surface area (Å²) in [5, 5.41) is 4.35. The maximum Gasteiger partial charge on any atom is 1.00 e. The van der Waals surface area contributed by atoms with E-state index in [1.165, 1.54) is 25.7 Å². The molecule has 0 fully saturated rings. The van der Waals surface area contributed by atoms with Gasteiger partial charge in [-0.05, 0) is 0 Å². The van der Waals surface area contributed by atoms with Gasteiger partial charge in [0.25, 0.3) is 0 Å². The normalized spacial score (nSPS) is 9.00. The third-order valence-electron chi connectivity index (χ3n) is 1.34. The van der Waals surface area contributed by atoms with E-state index in [2.05, 4.69) is 19.2 Å². The van der Waals surface area contributed by atoms with Crippen molar-refractivity contribution in [3.05, 3.63) is 5.32 Å². The molecule has 0 aromatic carbocycles. The first-order valence-corrected chi connectivity index (χ1v) is 4.05. The summed E-state index contributed by atoms with van der Waals surface area (Å²) in [4.78, 5) is 0. The van der Waals surface area contributed by atoms with Crippen molar-refractivity contribution >= 4 is 0 Å². The molecular weight excluding hydrogens is 243 g/mol. The molecule has 0 spiro atoms. The van der Waals surface area contributed by atoms with Crippen LogP contribution in [0.4, 0.5) is 0 Å². The van der Waals surface area contributed by atoms with Crippen LogP contribution in [0.3, 0.4) is 0 Å². The number of nitrogens with zero attached hydrogens (tertiary/aromatic N) is 1. The van der Waals surface area contributed by atoms with Crippen molar-refractivity contribution in [1.82, 2.24) is 0 Å². The van der Waals surface area contributed by atoms with Gasteiger partial charge in [0, 0.05) is 0 Å². The summed E-state index contributed by atoms with van der Waals surface area (Å²) >= 11 is 0. The van der Waals surface area contributed by atoms with Crippen molar-refractivity contribution in [2.75, 3.05) is 13.1 Å². The number of unbranched alkanes of at least 4 members (excludes halogenated alkanes) is 2. The monoisotopic (exact) mass is 261 g/mol. The molecule has 0 aliphatic heterocycles. The summed E-state index contributed by atoms with van der Waals surface area (Å²) in [5.74, 6) is 0. The van der Waals surface area contributed by atoms with E-state index in [-0.39, 0.29) is 68.9 Å². The summed E-state index contributed by atoms with van der Waals surface area (Å²) < 4.78 is 0. The van der Waals surface area contributed by atoms with Crippen LogP contribution in [0.15, 0.2) is 0 Å². The van der Waals surface area contributed by atoms with Crippen molar-refractivity contribution in [3.63, 3.8) is 0 Å². The van der Waals surface area contributed by atoms with E-state index in [1.807, 2.05) is 0 Å². The molecule has 0 saturated heterocycles. The van der Waals surface area contributed by atoms with Crippen molar-refractivity contribution in [2.24, 2.45) is 0 Å². The van der Waals surface area contributed by atoms with Gasteiger partial charge in [-0.25, -0.2) is 0 Å². The summed E-state index contributed by atoms with van der Waals surface area (Å²) in [6, 6.07) is 0. The Kier molecular flexibility index (Phi) is 19.8. The maximum absolute atomic E-state index is 4.35. The van der Waals surface area contributed by atoms with E-state index in [0.717, 1.165) is 13.1 Å². The standard InChI is InChI=1S/C8H18N.Cs/c1-3-5-7-9-8-6-4-2;/h3-8H2,1-2H3;/q-1;+1. The fourth-order valence-electron chi connectivity index (χ4n) is 0.652. The SMILES string of the molecule is CCCC[N-]CCCC.[Cs+]. The van der Waals surface area contributed by atoms with Gasteiger partial charge in [0.05, 0.1) is 0 Å². The predicted octanol–water partition coefficient (Wildman–Crippen LogP) is -0.0357. The molecule has 0 heterocycles. The van der Waals surface area contributed by atoms with Crippen molar-refractivity contribution in [2.45, 2.75) is 39.5 Å².